The summed E-state index contributed by atoms with van der Waals surface area (Å²) in [6, 6.07) is 0. The van der Waals surface area contributed by atoms with Crippen LogP contribution in [0.2, 0.25) is 0 Å². The summed E-state index contributed by atoms with van der Waals surface area (Å²) >= 11 is 5.48. The van der Waals surface area contributed by atoms with E-state index in [-0.39, 0.29) is 10.5 Å². The SMILES string of the molecule is CSN(SC)C(=O)SSSSC(=O)N(SC)SC. The molecule has 0 atom stereocenters. The first kappa shape index (κ1) is 19.7. The summed E-state index contributed by atoms with van der Waals surface area (Å²) in [4.78, 5) is 23.2. The number of rotatable bonds is 7. The minimum Gasteiger partial charge on any atom is -0.259 e. The first-order chi connectivity index (χ1) is 8.60. The zero-order chi connectivity index (χ0) is 14.0. The fraction of sp³-hybridized carbons (Fsp3) is 0.667. The van der Waals surface area contributed by atoms with Gasteiger partial charge in [-0.3, -0.25) is 9.59 Å². The third kappa shape index (κ3) is 8.12. The smallest absolute Gasteiger partial charge is 0.259 e. The molecular formula is C6H12N2O2S8. The lowest BCUT2D eigenvalue weighted by Gasteiger charge is -2.14. The van der Waals surface area contributed by atoms with E-state index < -0.39 is 0 Å². The number of hydrogen-bond acceptors (Lipinski definition) is 10. The Kier molecular flexibility index (Phi) is 13.7. The van der Waals surface area contributed by atoms with Gasteiger partial charge in [-0.05, 0) is 67.4 Å². The van der Waals surface area contributed by atoms with Crippen molar-refractivity contribution >= 4 is 99.5 Å². The van der Waals surface area contributed by atoms with Gasteiger partial charge in [-0.2, -0.15) is 0 Å². The van der Waals surface area contributed by atoms with Crippen molar-refractivity contribution in [2.24, 2.45) is 0 Å². The zero-order valence-electron chi connectivity index (χ0n) is 9.98. The number of carbonyl (C=O) groups is 2. The highest BCUT2D eigenvalue weighted by Crippen LogP contribution is 2.46. The molecule has 0 aromatic heterocycles. The van der Waals surface area contributed by atoms with Gasteiger partial charge < -0.3 is 0 Å². The van der Waals surface area contributed by atoms with E-state index in [2.05, 4.69) is 0 Å². The van der Waals surface area contributed by atoms with Crippen molar-refractivity contribution in [1.29, 1.82) is 0 Å². The van der Waals surface area contributed by atoms with Gasteiger partial charge in [0.15, 0.2) is 0 Å². The maximum Gasteiger partial charge on any atom is 0.313 e. The highest BCUT2D eigenvalue weighted by atomic mass is 33.7. The Morgan fingerprint density at radius 2 is 0.944 bits per heavy atom. The molecule has 0 heterocycles. The summed E-state index contributed by atoms with van der Waals surface area (Å²) in [7, 11) is 4.84. The Morgan fingerprint density at radius 1 is 0.667 bits per heavy atom. The number of nitrogens with zero attached hydrogens (tertiary/aromatic N) is 2. The molecule has 2 amide bonds. The lowest BCUT2D eigenvalue weighted by Crippen LogP contribution is -2.09. The van der Waals surface area contributed by atoms with Crippen molar-refractivity contribution in [2.75, 3.05) is 25.0 Å². The van der Waals surface area contributed by atoms with Gasteiger partial charge in [0.2, 0.25) is 0 Å². The van der Waals surface area contributed by atoms with Crippen molar-refractivity contribution in [2.45, 2.75) is 0 Å². The molecule has 106 valence electrons. The Hall–Kier alpha value is 1.74. The second kappa shape index (κ2) is 12.5. The topological polar surface area (TPSA) is 40.6 Å². The van der Waals surface area contributed by atoms with Gasteiger partial charge in [-0.1, -0.05) is 0 Å². The molecule has 0 bridgehead atoms. The van der Waals surface area contributed by atoms with Crippen LogP contribution in [0.3, 0.4) is 0 Å². The normalized spacial score (nSPS) is 10.2. The van der Waals surface area contributed by atoms with E-state index in [0.717, 1.165) is 21.6 Å². The zero-order valence-corrected chi connectivity index (χ0v) is 16.5. The van der Waals surface area contributed by atoms with E-state index in [4.69, 9.17) is 0 Å². The summed E-state index contributed by atoms with van der Waals surface area (Å²) in [6.07, 6.45) is 7.39. The first-order valence-corrected chi connectivity index (χ1v) is 13.7. The van der Waals surface area contributed by atoms with E-state index in [9.17, 15) is 9.59 Å². The fourth-order valence-electron chi connectivity index (χ4n) is 0.594. The molecule has 0 aromatic rings. The van der Waals surface area contributed by atoms with Crippen LogP contribution in [-0.2, 0) is 0 Å². The van der Waals surface area contributed by atoms with Crippen molar-refractivity contribution < 1.29 is 9.59 Å². The lowest BCUT2D eigenvalue weighted by atomic mass is 11.4. The van der Waals surface area contributed by atoms with Gasteiger partial charge in [0.25, 0.3) is 0 Å². The summed E-state index contributed by atoms with van der Waals surface area (Å²) < 4.78 is 3.17. The molecule has 0 fully saturated rings. The number of hydrogen-bond donors (Lipinski definition) is 0. The predicted molar refractivity (Wildman–Crippen MR) is 98.9 cm³/mol. The van der Waals surface area contributed by atoms with Gasteiger partial charge >= 0.3 is 10.5 Å². The van der Waals surface area contributed by atoms with Crippen molar-refractivity contribution in [3.8, 4) is 0 Å². The van der Waals surface area contributed by atoms with Crippen LogP contribution in [0, 0.1) is 0 Å². The maximum atomic E-state index is 11.6. The quantitative estimate of drug-likeness (QED) is 0.305. The lowest BCUT2D eigenvalue weighted by molar-refractivity contribution is 0.258. The van der Waals surface area contributed by atoms with Crippen molar-refractivity contribution in [1.82, 2.24) is 7.42 Å². The molecule has 0 N–H and O–H groups in total. The average molecular weight is 401 g/mol. The van der Waals surface area contributed by atoms with E-state index in [1.54, 1.807) is 7.42 Å². The van der Waals surface area contributed by atoms with Crippen LogP contribution in [-0.4, -0.2) is 42.9 Å². The maximum absolute atomic E-state index is 11.6. The van der Waals surface area contributed by atoms with E-state index in [1.165, 1.54) is 67.4 Å². The minimum absolute atomic E-state index is 0.0351. The van der Waals surface area contributed by atoms with Gasteiger partial charge in [0, 0.05) is 46.6 Å². The Balaban J connectivity index is 3.79. The molecule has 0 aromatic carbocycles. The molecule has 0 aliphatic heterocycles. The van der Waals surface area contributed by atoms with Gasteiger partial charge in [0.05, 0.1) is 0 Å². The molecule has 0 unspecified atom stereocenters. The molecule has 0 saturated carbocycles. The van der Waals surface area contributed by atoms with Crippen LogP contribution in [0.15, 0.2) is 0 Å². The second-order valence-electron chi connectivity index (χ2n) is 2.08. The highest BCUT2D eigenvalue weighted by molar-refractivity contribution is 9.29. The van der Waals surface area contributed by atoms with Crippen LogP contribution in [0.25, 0.3) is 0 Å². The van der Waals surface area contributed by atoms with Gasteiger partial charge in [0.1, 0.15) is 0 Å². The van der Waals surface area contributed by atoms with Crippen LogP contribution >= 0.6 is 89.0 Å². The molecule has 4 nitrogen and oxygen atoms in total. The van der Waals surface area contributed by atoms with Crippen LogP contribution in [0.1, 0.15) is 0 Å². The molecule has 0 radical (unpaired) electrons. The van der Waals surface area contributed by atoms with Crippen LogP contribution in [0.5, 0.6) is 0 Å². The third-order valence-electron chi connectivity index (χ3n) is 1.20. The molecule has 0 saturated heterocycles. The average Bonchev–Trinajstić information content (AvgIpc) is 2.37. The molecule has 18 heavy (non-hydrogen) atoms. The largest absolute Gasteiger partial charge is 0.313 e. The van der Waals surface area contributed by atoms with E-state index in [0.29, 0.717) is 0 Å². The van der Waals surface area contributed by atoms with Gasteiger partial charge in [-0.15, -0.1) is 0 Å². The number of amides is 2. The fourth-order valence-corrected chi connectivity index (χ4v) is 8.60. The summed E-state index contributed by atoms with van der Waals surface area (Å²) in [5.41, 5.74) is 0. The van der Waals surface area contributed by atoms with E-state index >= 15 is 0 Å². The number of carbonyl (C=O) groups excluding carboxylic acids is 2. The molecule has 0 aliphatic carbocycles. The molecular weight excluding hydrogens is 389 g/mol. The summed E-state index contributed by atoms with van der Waals surface area (Å²) in [5.74, 6) is 0. The van der Waals surface area contributed by atoms with Crippen LogP contribution in [0.4, 0.5) is 9.59 Å². The van der Waals surface area contributed by atoms with E-state index in [1.807, 2.05) is 25.0 Å². The molecule has 12 heteroatoms. The summed E-state index contributed by atoms with van der Waals surface area (Å²) in [5, 5.41) is -0.0701. The summed E-state index contributed by atoms with van der Waals surface area (Å²) in [6.45, 7) is 0. The molecule has 0 spiro atoms. The third-order valence-corrected chi connectivity index (χ3v) is 10.9. The first-order valence-electron chi connectivity index (χ1n) is 4.13. The molecule has 0 aliphatic rings. The minimum atomic E-state index is -0.0351. The second-order valence-corrected chi connectivity index (χ2v) is 11.0. The van der Waals surface area contributed by atoms with Crippen LogP contribution < -0.4 is 0 Å². The molecule has 0 rings (SSSR count). The predicted octanol–water partition coefficient (Wildman–Crippen LogP) is 5.62. The Labute approximate surface area is 140 Å². The van der Waals surface area contributed by atoms with Gasteiger partial charge in [-0.25, -0.2) is 7.42 Å². The highest BCUT2D eigenvalue weighted by Gasteiger charge is 2.16. The Bertz CT molecular complexity index is 234. The monoisotopic (exact) mass is 400 g/mol. The van der Waals surface area contributed by atoms with Crippen molar-refractivity contribution in [3.63, 3.8) is 0 Å². The standard InChI is InChI=1S/C6H12N2O2S8/c1-11-7(12-2)5(9)15-17-18-16-6(10)8(13-3)14-4/h1-4H3. The van der Waals surface area contributed by atoms with Crippen molar-refractivity contribution in [3.05, 3.63) is 0 Å². The Morgan fingerprint density at radius 3 is 1.17 bits per heavy atom.